The zero-order chi connectivity index (χ0) is 18.6. The van der Waals surface area contributed by atoms with Crippen molar-refractivity contribution in [3.8, 4) is 6.07 Å². The van der Waals surface area contributed by atoms with Crippen LogP contribution in [-0.2, 0) is 11.5 Å². The number of amides is 1. The molecule has 2 rings (SSSR count). The minimum absolute atomic E-state index is 0.00343. The standard InChI is InChI=1S/C18H19FN4O2/c1-4-23(3)10-14(9-20)18(25)17-6-12-5-13(8-19)16(21-11(2)24)7-15(12)22-17/h5-7,10,22H,4,8H2,1-3H3,(H,21,24)/b14-10+. The van der Waals surface area contributed by atoms with E-state index < -0.39 is 12.5 Å². The van der Waals surface area contributed by atoms with Crippen LogP contribution in [-0.4, -0.2) is 35.2 Å². The molecular weight excluding hydrogens is 323 g/mol. The summed E-state index contributed by atoms with van der Waals surface area (Å²) in [6.07, 6.45) is 1.49. The van der Waals surface area contributed by atoms with Gasteiger partial charge in [0.05, 0.1) is 5.69 Å². The molecular formula is C18H19FN4O2. The van der Waals surface area contributed by atoms with Crippen molar-refractivity contribution in [2.24, 2.45) is 0 Å². The molecule has 0 aliphatic heterocycles. The number of hydrogen-bond acceptors (Lipinski definition) is 4. The second kappa shape index (κ2) is 7.62. The monoisotopic (exact) mass is 342 g/mol. The Bertz CT molecular complexity index is 892. The molecule has 0 spiro atoms. The zero-order valence-electron chi connectivity index (χ0n) is 14.3. The van der Waals surface area contributed by atoms with Crippen molar-refractivity contribution < 1.29 is 14.0 Å². The minimum atomic E-state index is -0.745. The van der Waals surface area contributed by atoms with Gasteiger partial charge in [0.1, 0.15) is 18.3 Å². The lowest BCUT2D eigenvalue weighted by Crippen LogP contribution is -2.13. The second-order valence-corrected chi connectivity index (χ2v) is 5.65. The van der Waals surface area contributed by atoms with Crippen molar-refractivity contribution in [1.29, 1.82) is 5.26 Å². The van der Waals surface area contributed by atoms with Crippen LogP contribution in [0.4, 0.5) is 10.1 Å². The lowest BCUT2D eigenvalue weighted by atomic mass is 10.1. The Balaban J connectivity index is 2.47. The van der Waals surface area contributed by atoms with Crippen LogP contribution >= 0.6 is 0 Å². The highest BCUT2D eigenvalue weighted by Crippen LogP contribution is 2.26. The molecule has 0 atom stereocenters. The Hall–Kier alpha value is -3.14. The quantitative estimate of drug-likeness (QED) is 0.479. The number of carbonyl (C=O) groups excluding carboxylic acids is 2. The maximum Gasteiger partial charge on any atom is 0.221 e. The molecule has 2 aromatic rings. The molecule has 25 heavy (non-hydrogen) atoms. The van der Waals surface area contributed by atoms with E-state index in [0.717, 1.165) is 0 Å². The highest BCUT2D eigenvalue weighted by atomic mass is 19.1. The van der Waals surface area contributed by atoms with E-state index in [0.29, 0.717) is 28.7 Å². The summed E-state index contributed by atoms with van der Waals surface area (Å²) in [4.78, 5) is 28.4. The number of nitrogens with one attached hydrogen (secondary N) is 2. The molecule has 130 valence electrons. The number of nitrogens with zero attached hydrogens (tertiary/aromatic N) is 2. The van der Waals surface area contributed by atoms with Gasteiger partial charge in [-0.25, -0.2) is 4.39 Å². The van der Waals surface area contributed by atoms with Gasteiger partial charge in [-0.1, -0.05) is 0 Å². The first-order valence-electron chi connectivity index (χ1n) is 7.75. The summed E-state index contributed by atoms with van der Waals surface area (Å²) in [5.74, 6) is -0.754. The summed E-state index contributed by atoms with van der Waals surface area (Å²) < 4.78 is 13.2. The predicted molar refractivity (Wildman–Crippen MR) is 93.7 cm³/mol. The number of anilines is 1. The summed E-state index contributed by atoms with van der Waals surface area (Å²) in [5.41, 5.74) is 1.49. The van der Waals surface area contributed by atoms with E-state index in [9.17, 15) is 19.2 Å². The third-order valence-corrected chi connectivity index (χ3v) is 3.76. The Morgan fingerprint density at radius 2 is 2.12 bits per heavy atom. The highest BCUT2D eigenvalue weighted by molar-refractivity contribution is 6.12. The number of aromatic nitrogens is 1. The fourth-order valence-electron chi connectivity index (χ4n) is 2.36. The Kier molecular flexibility index (Phi) is 5.55. The van der Waals surface area contributed by atoms with Crippen LogP contribution in [0.1, 0.15) is 29.9 Å². The molecule has 0 bridgehead atoms. The molecule has 0 saturated heterocycles. The Labute approximate surface area is 144 Å². The number of H-pyrrole nitrogens is 1. The number of benzene rings is 1. The predicted octanol–water partition coefficient (Wildman–Crippen LogP) is 3.14. The van der Waals surface area contributed by atoms with Crippen LogP contribution in [0.5, 0.6) is 0 Å². The summed E-state index contributed by atoms with van der Waals surface area (Å²) in [7, 11) is 1.77. The average Bonchev–Trinajstić information content (AvgIpc) is 3.00. The summed E-state index contributed by atoms with van der Waals surface area (Å²) in [6, 6.07) is 6.63. The first-order chi connectivity index (χ1) is 11.9. The van der Waals surface area contributed by atoms with Gasteiger partial charge in [0.2, 0.25) is 11.7 Å². The lowest BCUT2D eigenvalue weighted by molar-refractivity contribution is -0.114. The maximum absolute atomic E-state index is 13.2. The van der Waals surface area contributed by atoms with Crippen molar-refractivity contribution in [3.63, 3.8) is 0 Å². The third kappa shape index (κ3) is 4.04. The molecule has 1 heterocycles. The van der Waals surface area contributed by atoms with E-state index in [-0.39, 0.29) is 17.2 Å². The van der Waals surface area contributed by atoms with Crippen molar-refractivity contribution in [2.45, 2.75) is 20.5 Å². The van der Waals surface area contributed by atoms with Gasteiger partial charge in [-0.05, 0) is 25.1 Å². The molecule has 0 saturated carbocycles. The van der Waals surface area contributed by atoms with Gasteiger partial charge in [-0.2, -0.15) is 5.26 Å². The molecule has 1 aromatic carbocycles. The number of hydrogen-bond donors (Lipinski definition) is 2. The van der Waals surface area contributed by atoms with E-state index in [4.69, 9.17) is 0 Å². The molecule has 1 amide bonds. The van der Waals surface area contributed by atoms with Gasteiger partial charge in [0.25, 0.3) is 0 Å². The Morgan fingerprint density at radius 3 is 2.68 bits per heavy atom. The fraction of sp³-hybridized carbons (Fsp3) is 0.278. The minimum Gasteiger partial charge on any atom is -0.380 e. The van der Waals surface area contributed by atoms with Gasteiger partial charge >= 0.3 is 0 Å². The number of Topliss-reactive ketones (excluding diaryl/α,β-unsaturated/α-hetero) is 1. The van der Waals surface area contributed by atoms with Crippen molar-refractivity contribution >= 4 is 28.3 Å². The van der Waals surface area contributed by atoms with Gasteiger partial charge in [0, 0.05) is 48.9 Å². The maximum atomic E-state index is 13.2. The number of carbonyl (C=O) groups is 2. The molecule has 0 unspecified atom stereocenters. The molecule has 2 N–H and O–H groups in total. The molecule has 0 radical (unpaired) electrons. The molecule has 1 aromatic heterocycles. The highest BCUT2D eigenvalue weighted by Gasteiger charge is 2.17. The molecule has 6 nitrogen and oxygen atoms in total. The zero-order valence-corrected chi connectivity index (χ0v) is 14.3. The van der Waals surface area contributed by atoms with Gasteiger partial charge in [0.15, 0.2) is 0 Å². The third-order valence-electron chi connectivity index (χ3n) is 3.76. The smallest absolute Gasteiger partial charge is 0.221 e. The molecule has 0 aliphatic rings. The van der Waals surface area contributed by atoms with Crippen LogP contribution in [0.2, 0.25) is 0 Å². The number of rotatable bonds is 6. The number of alkyl halides is 1. The normalized spacial score (nSPS) is 11.2. The lowest BCUT2D eigenvalue weighted by Gasteiger charge is -2.10. The van der Waals surface area contributed by atoms with Gasteiger partial charge < -0.3 is 15.2 Å². The summed E-state index contributed by atoms with van der Waals surface area (Å²) in [6.45, 7) is 3.15. The van der Waals surface area contributed by atoms with Crippen LogP contribution in [0.25, 0.3) is 10.9 Å². The summed E-state index contributed by atoms with van der Waals surface area (Å²) in [5, 5.41) is 12.4. The van der Waals surface area contributed by atoms with Crippen molar-refractivity contribution in [2.75, 3.05) is 18.9 Å². The number of halogens is 1. The van der Waals surface area contributed by atoms with E-state index in [1.54, 1.807) is 30.1 Å². The fourth-order valence-corrected chi connectivity index (χ4v) is 2.36. The number of fused-ring (bicyclic) bond motifs is 1. The van der Waals surface area contributed by atoms with Crippen LogP contribution in [0.3, 0.4) is 0 Å². The Morgan fingerprint density at radius 1 is 1.40 bits per heavy atom. The first kappa shape index (κ1) is 18.2. The number of ketones is 1. The van der Waals surface area contributed by atoms with Gasteiger partial charge in [-0.3, -0.25) is 9.59 Å². The van der Waals surface area contributed by atoms with E-state index in [2.05, 4.69) is 10.3 Å². The molecule has 7 heteroatoms. The van der Waals surface area contributed by atoms with E-state index >= 15 is 0 Å². The number of aromatic amines is 1. The first-order valence-corrected chi connectivity index (χ1v) is 7.75. The van der Waals surface area contributed by atoms with Gasteiger partial charge in [-0.15, -0.1) is 0 Å². The van der Waals surface area contributed by atoms with Crippen LogP contribution < -0.4 is 5.32 Å². The van der Waals surface area contributed by atoms with E-state index in [1.165, 1.54) is 13.1 Å². The topological polar surface area (TPSA) is 89.0 Å². The van der Waals surface area contributed by atoms with Crippen molar-refractivity contribution in [3.05, 3.63) is 41.2 Å². The second-order valence-electron chi connectivity index (χ2n) is 5.65. The number of nitriles is 1. The van der Waals surface area contributed by atoms with Crippen molar-refractivity contribution in [1.82, 2.24) is 9.88 Å². The molecule has 0 fully saturated rings. The number of allylic oxidation sites excluding steroid dienone is 1. The average molecular weight is 342 g/mol. The van der Waals surface area contributed by atoms with Crippen LogP contribution in [0.15, 0.2) is 30.0 Å². The van der Waals surface area contributed by atoms with Crippen LogP contribution in [0, 0.1) is 11.3 Å². The SMILES string of the molecule is CCN(C)/C=C(\C#N)C(=O)c1cc2cc(CF)c(NC(C)=O)cc2[nH]1. The summed E-state index contributed by atoms with van der Waals surface area (Å²) >= 11 is 0. The van der Waals surface area contributed by atoms with E-state index in [1.807, 2.05) is 13.0 Å². The largest absolute Gasteiger partial charge is 0.380 e. The molecule has 0 aliphatic carbocycles.